The van der Waals surface area contributed by atoms with Crippen LogP contribution >= 0.6 is 15.9 Å². The number of aliphatic hydroxyl groups is 4. The van der Waals surface area contributed by atoms with Gasteiger partial charge in [-0.25, -0.2) is 14.4 Å². The monoisotopic (exact) mass is 511 g/mol. The van der Waals surface area contributed by atoms with Crippen LogP contribution in [0.5, 0.6) is 11.5 Å². The highest BCUT2D eigenvalue weighted by molar-refractivity contribution is 9.10. The summed E-state index contributed by atoms with van der Waals surface area (Å²) < 4.78 is 25.5. The number of benzene rings is 2. The minimum absolute atomic E-state index is 0.108. The molecule has 0 aliphatic rings. The van der Waals surface area contributed by atoms with Gasteiger partial charge in [0.25, 0.3) is 0 Å². The van der Waals surface area contributed by atoms with Crippen molar-refractivity contribution in [3.05, 3.63) is 47.2 Å². The first-order valence-corrected chi connectivity index (χ1v) is 10.4. The fourth-order valence-electron chi connectivity index (χ4n) is 3.04. The molecule has 5 N–H and O–H groups in total. The molecule has 4 atom stereocenters. The summed E-state index contributed by atoms with van der Waals surface area (Å²) in [5.74, 6) is 0.857. The van der Waals surface area contributed by atoms with Crippen molar-refractivity contribution in [2.75, 3.05) is 25.6 Å². The molecule has 0 aliphatic heterocycles. The minimum atomic E-state index is -2.10. The molecule has 0 fully saturated rings. The van der Waals surface area contributed by atoms with Crippen LogP contribution in [0.4, 0.5) is 15.9 Å². The van der Waals surface area contributed by atoms with Gasteiger partial charge in [-0.2, -0.15) is 0 Å². The third-order valence-corrected chi connectivity index (χ3v) is 5.24. The van der Waals surface area contributed by atoms with Gasteiger partial charge in [0.05, 0.1) is 25.8 Å². The molecule has 1 aromatic heterocycles. The number of alkyl halides is 1. The molecule has 3 rings (SSSR count). The van der Waals surface area contributed by atoms with E-state index in [1.54, 1.807) is 6.07 Å². The topological polar surface area (TPSA) is 137 Å². The van der Waals surface area contributed by atoms with Gasteiger partial charge in [-0.3, -0.25) is 0 Å². The maximum Gasteiger partial charge on any atom is 0.164 e. The molecule has 11 heteroatoms. The summed E-state index contributed by atoms with van der Waals surface area (Å²) in [6.45, 7) is -1.71. The summed E-state index contributed by atoms with van der Waals surface area (Å²) in [5, 5.41) is 42.3. The lowest BCUT2D eigenvalue weighted by atomic mass is 10.0. The first-order chi connectivity index (χ1) is 15.4. The SMILES string of the molecule is COc1cc2c(Nc3cccc(Br)c3)ncnc2cc1O[C@H](CO)[C@H](O)[C@@H](O)[C@H](F)CO. The number of rotatable bonds is 10. The summed E-state index contributed by atoms with van der Waals surface area (Å²) >= 11 is 3.42. The van der Waals surface area contributed by atoms with Gasteiger partial charge in [0.1, 0.15) is 24.4 Å². The van der Waals surface area contributed by atoms with E-state index in [1.807, 2.05) is 24.3 Å². The Labute approximate surface area is 191 Å². The molecule has 0 saturated carbocycles. The van der Waals surface area contributed by atoms with Gasteiger partial charge in [-0.15, -0.1) is 0 Å². The third kappa shape index (κ3) is 5.43. The lowest BCUT2D eigenvalue weighted by molar-refractivity contribution is -0.0981. The predicted molar refractivity (Wildman–Crippen MR) is 119 cm³/mol. The van der Waals surface area contributed by atoms with E-state index in [0.717, 1.165) is 10.2 Å². The fourth-order valence-corrected chi connectivity index (χ4v) is 3.44. The first-order valence-electron chi connectivity index (χ1n) is 9.61. The molecule has 9 nitrogen and oxygen atoms in total. The van der Waals surface area contributed by atoms with E-state index in [-0.39, 0.29) is 11.5 Å². The van der Waals surface area contributed by atoms with Crippen LogP contribution in [-0.4, -0.2) is 75.2 Å². The molecular formula is C21H23BrFN3O6. The van der Waals surface area contributed by atoms with E-state index in [2.05, 4.69) is 31.2 Å². The van der Waals surface area contributed by atoms with Crippen LogP contribution in [-0.2, 0) is 0 Å². The number of fused-ring (bicyclic) bond motifs is 1. The van der Waals surface area contributed by atoms with Gasteiger partial charge in [-0.1, -0.05) is 22.0 Å². The van der Waals surface area contributed by atoms with Crippen molar-refractivity contribution in [3.63, 3.8) is 0 Å². The Hall–Kier alpha value is -2.57. The molecule has 32 heavy (non-hydrogen) atoms. The second-order valence-corrected chi connectivity index (χ2v) is 7.81. The molecule has 1 heterocycles. The summed E-state index contributed by atoms with van der Waals surface area (Å²) in [6, 6.07) is 10.7. The van der Waals surface area contributed by atoms with Gasteiger partial charge >= 0.3 is 0 Å². The molecule has 0 amide bonds. The number of halogens is 2. The fraction of sp³-hybridized carbons (Fsp3) is 0.333. The zero-order valence-electron chi connectivity index (χ0n) is 17.0. The highest BCUT2D eigenvalue weighted by Crippen LogP contribution is 2.36. The predicted octanol–water partition coefficient (Wildman–Crippen LogP) is 1.94. The van der Waals surface area contributed by atoms with E-state index in [9.17, 15) is 19.7 Å². The average molecular weight is 512 g/mol. The van der Waals surface area contributed by atoms with Crippen LogP contribution in [0.3, 0.4) is 0 Å². The normalized spacial score (nSPS) is 15.1. The molecule has 3 aromatic rings. The Bertz CT molecular complexity index is 1060. The molecule has 0 unspecified atom stereocenters. The molecule has 0 aliphatic carbocycles. The number of nitrogens with one attached hydrogen (secondary N) is 1. The summed E-state index contributed by atoms with van der Waals surface area (Å²) in [6.07, 6.45) is -5.88. The van der Waals surface area contributed by atoms with Crippen molar-refractivity contribution >= 4 is 38.3 Å². The van der Waals surface area contributed by atoms with Gasteiger partial charge in [0, 0.05) is 21.6 Å². The Kier molecular flexibility index (Phi) is 8.15. The van der Waals surface area contributed by atoms with Crippen LogP contribution in [0, 0.1) is 0 Å². The molecule has 0 spiro atoms. The lowest BCUT2D eigenvalue weighted by Gasteiger charge is -2.28. The highest BCUT2D eigenvalue weighted by Gasteiger charge is 2.34. The van der Waals surface area contributed by atoms with Crippen molar-refractivity contribution in [1.82, 2.24) is 9.97 Å². The highest BCUT2D eigenvalue weighted by atomic mass is 79.9. The van der Waals surface area contributed by atoms with E-state index in [1.165, 1.54) is 19.5 Å². The van der Waals surface area contributed by atoms with Gasteiger partial charge in [0.2, 0.25) is 0 Å². The number of anilines is 2. The second kappa shape index (κ2) is 10.8. The van der Waals surface area contributed by atoms with Crippen molar-refractivity contribution in [2.24, 2.45) is 0 Å². The van der Waals surface area contributed by atoms with E-state index < -0.39 is 37.7 Å². The van der Waals surface area contributed by atoms with E-state index in [0.29, 0.717) is 16.7 Å². The van der Waals surface area contributed by atoms with Crippen LogP contribution in [0.15, 0.2) is 47.2 Å². The average Bonchev–Trinajstić information content (AvgIpc) is 2.80. The van der Waals surface area contributed by atoms with Crippen LogP contribution in [0.2, 0.25) is 0 Å². The van der Waals surface area contributed by atoms with Crippen molar-refractivity contribution in [3.8, 4) is 11.5 Å². The third-order valence-electron chi connectivity index (χ3n) is 4.74. The van der Waals surface area contributed by atoms with Crippen molar-refractivity contribution in [1.29, 1.82) is 0 Å². The summed E-state index contributed by atoms with van der Waals surface area (Å²) in [7, 11) is 1.40. The van der Waals surface area contributed by atoms with Crippen LogP contribution < -0.4 is 14.8 Å². The molecule has 0 saturated heterocycles. The largest absolute Gasteiger partial charge is 0.493 e. The summed E-state index contributed by atoms with van der Waals surface area (Å²) in [5.41, 5.74) is 1.26. The maximum atomic E-state index is 13.6. The Morgan fingerprint density at radius 3 is 2.50 bits per heavy atom. The Balaban J connectivity index is 1.93. The molecule has 0 radical (unpaired) electrons. The number of nitrogens with zero attached hydrogens (tertiary/aromatic N) is 2. The number of hydrogen-bond donors (Lipinski definition) is 5. The van der Waals surface area contributed by atoms with Crippen LogP contribution in [0.1, 0.15) is 0 Å². The number of methoxy groups -OCH3 is 1. The van der Waals surface area contributed by atoms with E-state index in [4.69, 9.17) is 14.6 Å². The minimum Gasteiger partial charge on any atom is -0.493 e. The Morgan fingerprint density at radius 1 is 1.06 bits per heavy atom. The number of ether oxygens (including phenoxy) is 2. The van der Waals surface area contributed by atoms with Crippen LogP contribution in [0.25, 0.3) is 10.9 Å². The zero-order chi connectivity index (χ0) is 23.3. The van der Waals surface area contributed by atoms with E-state index >= 15 is 0 Å². The number of hydrogen-bond acceptors (Lipinski definition) is 9. The summed E-state index contributed by atoms with van der Waals surface area (Å²) in [4.78, 5) is 8.51. The quantitative estimate of drug-likeness (QED) is 0.276. The van der Waals surface area contributed by atoms with Gasteiger partial charge in [0.15, 0.2) is 23.8 Å². The lowest BCUT2D eigenvalue weighted by Crippen LogP contribution is -2.48. The Morgan fingerprint density at radius 2 is 1.84 bits per heavy atom. The first kappa shape index (κ1) is 24.1. The van der Waals surface area contributed by atoms with Gasteiger partial charge in [-0.05, 0) is 24.3 Å². The smallest absolute Gasteiger partial charge is 0.164 e. The molecule has 172 valence electrons. The van der Waals surface area contributed by atoms with Crippen molar-refractivity contribution in [2.45, 2.75) is 24.5 Å². The molecule has 0 bridgehead atoms. The van der Waals surface area contributed by atoms with Gasteiger partial charge < -0.3 is 35.2 Å². The second-order valence-electron chi connectivity index (χ2n) is 6.90. The number of aliphatic hydroxyl groups excluding tert-OH is 4. The zero-order valence-corrected chi connectivity index (χ0v) is 18.6. The standard InChI is InChI=1S/C21H23BrFN3O6/c1-31-16-6-13-15(24-10-25-21(13)26-12-4-2-3-11(22)5-12)7-17(16)32-18(9-28)20(30)19(29)14(23)8-27/h2-7,10,14,18-20,27-30H,8-9H2,1H3,(H,24,25,26)/t14-,18-,19+,20+/m1/s1. The number of aromatic nitrogens is 2. The van der Waals surface area contributed by atoms with Crippen molar-refractivity contribution < 1.29 is 34.3 Å². The maximum absolute atomic E-state index is 13.6. The molecule has 2 aromatic carbocycles. The molecular weight excluding hydrogens is 489 g/mol.